The van der Waals surface area contributed by atoms with Crippen molar-refractivity contribution < 1.29 is 0 Å². The summed E-state index contributed by atoms with van der Waals surface area (Å²) in [6.07, 6.45) is 0.822. The molecule has 100 valence electrons. The Bertz CT molecular complexity index is 476. The number of nitrogens with one attached hydrogen (secondary N) is 1. The summed E-state index contributed by atoms with van der Waals surface area (Å²) in [7, 11) is 0. The Morgan fingerprint density at radius 3 is 2.67 bits per heavy atom. The Morgan fingerprint density at radius 2 is 2.06 bits per heavy atom. The van der Waals surface area contributed by atoms with Crippen molar-refractivity contribution >= 4 is 0 Å². The van der Waals surface area contributed by atoms with Gasteiger partial charge in [-0.25, -0.2) is 4.98 Å². The number of rotatable bonds is 3. The largest absolute Gasteiger partial charge is 0.310 e. The van der Waals surface area contributed by atoms with E-state index in [2.05, 4.69) is 42.6 Å². The van der Waals surface area contributed by atoms with Crippen LogP contribution in [0, 0.1) is 5.92 Å². The van der Waals surface area contributed by atoms with Crippen molar-refractivity contribution in [1.29, 1.82) is 0 Å². The second-order valence-electron chi connectivity index (χ2n) is 5.91. The molecule has 2 rings (SSSR count). The third kappa shape index (κ3) is 2.80. The minimum absolute atomic E-state index is 0.0629. The molecule has 1 aliphatic heterocycles. The average Bonchev–Trinajstić information content (AvgIpc) is 2.27. The lowest BCUT2D eigenvalue weighted by Crippen LogP contribution is -2.37. The van der Waals surface area contributed by atoms with Crippen molar-refractivity contribution in [3.63, 3.8) is 0 Å². The van der Waals surface area contributed by atoms with Crippen LogP contribution in [0.5, 0.6) is 0 Å². The molecular formula is C14H23N3O. The van der Waals surface area contributed by atoms with Gasteiger partial charge in [-0.2, -0.15) is 0 Å². The van der Waals surface area contributed by atoms with Gasteiger partial charge in [-0.3, -0.25) is 9.69 Å². The quantitative estimate of drug-likeness (QED) is 0.890. The van der Waals surface area contributed by atoms with Crippen LogP contribution in [0.15, 0.2) is 4.79 Å². The van der Waals surface area contributed by atoms with Gasteiger partial charge < -0.3 is 4.98 Å². The molecule has 0 aromatic carbocycles. The first-order chi connectivity index (χ1) is 8.47. The van der Waals surface area contributed by atoms with Crippen molar-refractivity contribution in [2.24, 2.45) is 5.92 Å². The van der Waals surface area contributed by atoms with Crippen LogP contribution in [0.2, 0.25) is 0 Å². The topological polar surface area (TPSA) is 49.0 Å². The lowest BCUT2D eigenvalue weighted by Gasteiger charge is -2.29. The smallest absolute Gasteiger partial charge is 0.254 e. The Hall–Kier alpha value is -1.16. The summed E-state index contributed by atoms with van der Waals surface area (Å²) in [5, 5.41) is 0. The SMILES string of the molecule is CC(C)CN1CCc2c(nc(C(C)C)[nH]c2=O)C1. The molecule has 1 aromatic heterocycles. The molecule has 4 heteroatoms. The fourth-order valence-electron chi connectivity index (χ4n) is 2.46. The zero-order valence-electron chi connectivity index (χ0n) is 11.8. The molecule has 18 heavy (non-hydrogen) atoms. The van der Waals surface area contributed by atoms with Crippen LogP contribution < -0.4 is 5.56 Å². The second-order valence-corrected chi connectivity index (χ2v) is 5.91. The normalized spacial score (nSPS) is 16.3. The van der Waals surface area contributed by atoms with Crippen molar-refractivity contribution in [3.8, 4) is 0 Å². The predicted molar refractivity (Wildman–Crippen MR) is 72.8 cm³/mol. The summed E-state index contributed by atoms with van der Waals surface area (Å²) < 4.78 is 0. The first-order valence-corrected chi connectivity index (χ1v) is 6.81. The van der Waals surface area contributed by atoms with E-state index in [1.807, 2.05) is 0 Å². The molecule has 1 N–H and O–H groups in total. The molecule has 4 nitrogen and oxygen atoms in total. The van der Waals surface area contributed by atoms with Gasteiger partial charge in [-0.1, -0.05) is 27.7 Å². The zero-order chi connectivity index (χ0) is 13.3. The number of aromatic nitrogens is 2. The highest BCUT2D eigenvalue weighted by Crippen LogP contribution is 2.17. The molecule has 0 spiro atoms. The van der Waals surface area contributed by atoms with Gasteiger partial charge in [0.05, 0.1) is 5.69 Å². The number of hydrogen-bond donors (Lipinski definition) is 1. The highest BCUT2D eigenvalue weighted by atomic mass is 16.1. The minimum atomic E-state index is 0.0629. The molecule has 1 aliphatic rings. The van der Waals surface area contributed by atoms with E-state index in [0.29, 0.717) is 5.92 Å². The third-order valence-electron chi connectivity index (χ3n) is 3.34. The summed E-state index contributed by atoms with van der Waals surface area (Å²) in [6.45, 7) is 11.4. The second kappa shape index (κ2) is 5.22. The molecule has 0 fully saturated rings. The third-order valence-corrected chi connectivity index (χ3v) is 3.34. The van der Waals surface area contributed by atoms with Gasteiger partial charge in [-0.15, -0.1) is 0 Å². The van der Waals surface area contributed by atoms with Crippen LogP contribution in [0.3, 0.4) is 0 Å². The predicted octanol–water partition coefficient (Wildman–Crippen LogP) is 1.91. The molecule has 0 radical (unpaired) electrons. The summed E-state index contributed by atoms with van der Waals surface area (Å²) in [6, 6.07) is 0. The van der Waals surface area contributed by atoms with E-state index in [1.54, 1.807) is 0 Å². The van der Waals surface area contributed by atoms with Crippen molar-refractivity contribution in [2.75, 3.05) is 13.1 Å². The van der Waals surface area contributed by atoms with Crippen LogP contribution in [0.25, 0.3) is 0 Å². The lowest BCUT2D eigenvalue weighted by atomic mass is 10.0. The molecule has 2 heterocycles. The lowest BCUT2D eigenvalue weighted by molar-refractivity contribution is 0.222. The maximum atomic E-state index is 12.0. The summed E-state index contributed by atoms with van der Waals surface area (Å²) in [5.41, 5.74) is 1.93. The molecule has 0 bridgehead atoms. The molecule has 0 saturated carbocycles. The van der Waals surface area contributed by atoms with Gasteiger partial charge in [0, 0.05) is 31.1 Å². The number of nitrogens with zero attached hydrogens (tertiary/aromatic N) is 2. The fourth-order valence-corrected chi connectivity index (χ4v) is 2.46. The fraction of sp³-hybridized carbons (Fsp3) is 0.714. The monoisotopic (exact) mass is 249 g/mol. The number of fused-ring (bicyclic) bond motifs is 1. The Balaban J connectivity index is 2.27. The molecular weight excluding hydrogens is 226 g/mol. The van der Waals surface area contributed by atoms with Gasteiger partial charge in [0.2, 0.25) is 0 Å². The van der Waals surface area contributed by atoms with E-state index in [1.165, 1.54) is 0 Å². The van der Waals surface area contributed by atoms with Gasteiger partial charge >= 0.3 is 0 Å². The summed E-state index contributed by atoms with van der Waals surface area (Å²) >= 11 is 0. The Labute approximate surface area is 108 Å². The zero-order valence-corrected chi connectivity index (χ0v) is 11.8. The van der Waals surface area contributed by atoms with E-state index < -0.39 is 0 Å². The Morgan fingerprint density at radius 1 is 1.33 bits per heavy atom. The molecule has 1 aromatic rings. The van der Waals surface area contributed by atoms with Gasteiger partial charge in [-0.05, 0) is 12.3 Å². The van der Waals surface area contributed by atoms with Crippen LogP contribution in [-0.4, -0.2) is 28.0 Å². The molecule has 0 aliphatic carbocycles. The highest BCUT2D eigenvalue weighted by molar-refractivity contribution is 5.21. The molecule has 0 amide bonds. The first-order valence-electron chi connectivity index (χ1n) is 6.81. The van der Waals surface area contributed by atoms with Crippen molar-refractivity contribution in [3.05, 3.63) is 27.4 Å². The highest BCUT2D eigenvalue weighted by Gasteiger charge is 2.21. The van der Waals surface area contributed by atoms with E-state index in [-0.39, 0.29) is 11.5 Å². The first kappa shape index (κ1) is 13.3. The number of H-pyrrole nitrogens is 1. The van der Waals surface area contributed by atoms with E-state index in [9.17, 15) is 4.79 Å². The summed E-state index contributed by atoms with van der Waals surface area (Å²) in [5.74, 6) is 1.73. The van der Waals surface area contributed by atoms with Crippen LogP contribution in [0.1, 0.15) is 50.7 Å². The van der Waals surface area contributed by atoms with Crippen LogP contribution >= 0.6 is 0 Å². The summed E-state index contributed by atoms with van der Waals surface area (Å²) in [4.78, 5) is 21.9. The number of hydrogen-bond acceptors (Lipinski definition) is 3. The van der Waals surface area contributed by atoms with Gasteiger partial charge in [0.15, 0.2) is 0 Å². The van der Waals surface area contributed by atoms with E-state index in [4.69, 9.17) is 0 Å². The number of aromatic amines is 1. The molecule has 0 atom stereocenters. The average molecular weight is 249 g/mol. The minimum Gasteiger partial charge on any atom is -0.310 e. The van der Waals surface area contributed by atoms with Gasteiger partial charge in [0.25, 0.3) is 5.56 Å². The van der Waals surface area contributed by atoms with Crippen LogP contribution in [0.4, 0.5) is 0 Å². The standard InChI is InChI=1S/C14H23N3O/c1-9(2)7-17-6-5-11-12(8-17)15-13(10(3)4)16-14(11)18/h9-10H,5-8H2,1-4H3,(H,15,16,18). The Kier molecular flexibility index (Phi) is 3.85. The maximum Gasteiger partial charge on any atom is 0.254 e. The molecule has 0 saturated heterocycles. The molecule has 0 unspecified atom stereocenters. The van der Waals surface area contributed by atoms with E-state index in [0.717, 1.165) is 43.1 Å². The van der Waals surface area contributed by atoms with Crippen molar-refractivity contribution in [1.82, 2.24) is 14.9 Å². The van der Waals surface area contributed by atoms with E-state index >= 15 is 0 Å². The van der Waals surface area contributed by atoms with Crippen molar-refractivity contribution in [2.45, 2.75) is 46.6 Å². The van der Waals surface area contributed by atoms with Crippen LogP contribution in [-0.2, 0) is 13.0 Å². The maximum absolute atomic E-state index is 12.0. The van der Waals surface area contributed by atoms with Gasteiger partial charge in [0.1, 0.15) is 5.82 Å².